The summed E-state index contributed by atoms with van der Waals surface area (Å²) in [5.41, 5.74) is 0. The molecule has 0 amide bonds. The zero-order chi connectivity index (χ0) is 12.1. The molecule has 1 unspecified atom stereocenters. The average Bonchev–Trinajstić information content (AvgIpc) is 2.90. The highest BCUT2D eigenvalue weighted by atomic mass is 16.3. The number of hydrogen-bond donors (Lipinski definition) is 2. The van der Waals surface area contributed by atoms with Crippen LogP contribution in [0.2, 0.25) is 0 Å². The molecule has 0 fully saturated rings. The highest BCUT2D eigenvalue weighted by molar-refractivity contribution is 4.81. The smallest absolute Gasteiger partial charge is 0.164 e. The van der Waals surface area contributed by atoms with E-state index < -0.39 is 6.10 Å². The molecule has 0 aliphatic rings. The molecule has 0 saturated heterocycles. The van der Waals surface area contributed by atoms with Crippen molar-refractivity contribution in [3.05, 3.63) is 30.6 Å². The van der Waals surface area contributed by atoms with Crippen LogP contribution in [0.4, 0.5) is 0 Å². The van der Waals surface area contributed by atoms with Crippen LogP contribution in [0, 0.1) is 0 Å². The predicted octanol–water partition coefficient (Wildman–Crippen LogP) is -0.838. The van der Waals surface area contributed by atoms with E-state index in [1.807, 2.05) is 19.3 Å². The SMILES string of the molecule is Cn1cnc(CNCC(O)Cn2cccn2)n1. The number of aliphatic hydroxyl groups is 1. The van der Waals surface area contributed by atoms with Gasteiger partial charge in [-0.2, -0.15) is 10.2 Å². The van der Waals surface area contributed by atoms with Gasteiger partial charge in [-0.05, 0) is 6.07 Å². The lowest BCUT2D eigenvalue weighted by Crippen LogP contribution is -2.30. The number of aryl methyl sites for hydroxylation is 1. The van der Waals surface area contributed by atoms with Gasteiger partial charge in [-0.25, -0.2) is 4.98 Å². The van der Waals surface area contributed by atoms with E-state index in [4.69, 9.17) is 0 Å². The van der Waals surface area contributed by atoms with E-state index in [2.05, 4.69) is 20.5 Å². The summed E-state index contributed by atoms with van der Waals surface area (Å²) in [5, 5.41) is 21.0. The number of hydrogen-bond acceptors (Lipinski definition) is 5. The molecule has 7 heteroatoms. The molecule has 0 radical (unpaired) electrons. The zero-order valence-corrected chi connectivity index (χ0v) is 9.69. The molecule has 2 heterocycles. The van der Waals surface area contributed by atoms with Crippen molar-refractivity contribution in [2.75, 3.05) is 6.54 Å². The summed E-state index contributed by atoms with van der Waals surface area (Å²) < 4.78 is 3.35. The first-order valence-electron chi connectivity index (χ1n) is 5.45. The van der Waals surface area contributed by atoms with Gasteiger partial charge >= 0.3 is 0 Å². The van der Waals surface area contributed by atoms with Crippen LogP contribution in [0.3, 0.4) is 0 Å². The van der Waals surface area contributed by atoms with Gasteiger partial charge in [0.05, 0.1) is 19.2 Å². The fraction of sp³-hybridized carbons (Fsp3) is 0.500. The van der Waals surface area contributed by atoms with Gasteiger partial charge in [0.25, 0.3) is 0 Å². The van der Waals surface area contributed by atoms with Crippen molar-refractivity contribution < 1.29 is 5.11 Å². The average molecular weight is 236 g/mol. The molecule has 0 saturated carbocycles. The third kappa shape index (κ3) is 3.65. The summed E-state index contributed by atoms with van der Waals surface area (Å²) in [7, 11) is 1.82. The summed E-state index contributed by atoms with van der Waals surface area (Å²) in [6.07, 6.45) is 4.69. The van der Waals surface area contributed by atoms with Gasteiger partial charge in [0.15, 0.2) is 5.82 Å². The quantitative estimate of drug-likeness (QED) is 0.683. The van der Waals surface area contributed by atoms with Crippen LogP contribution in [-0.2, 0) is 20.1 Å². The van der Waals surface area contributed by atoms with Crippen molar-refractivity contribution in [3.63, 3.8) is 0 Å². The fourth-order valence-electron chi connectivity index (χ4n) is 1.50. The minimum Gasteiger partial charge on any atom is -0.390 e. The van der Waals surface area contributed by atoms with Gasteiger partial charge in [-0.15, -0.1) is 0 Å². The molecule has 2 aromatic heterocycles. The van der Waals surface area contributed by atoms with Crippen molar-refractivity contribution in [2.45, 2.75) is 19.2 Å². The highest BCUT2D eigenvalue weighted by Crippen LogP contribution is 1.91. The molecule has 0 bridgehead atoms. The van der Waals surface area contributed by atoms with Crippen LogP contribution >= 0.6 is 0 Å². The Morgan fingerprint density at radius 1 is 1.53 bits per heavy atom. The van der Waals surface area contributed by atoms with Crippen molar-refractivity contribution in [3.8, 4) is 0 Å². The van der Waals surface area contributed by atoms with Gasteiger partial charge in [-0.1, -0.05) is 0 Å². The van der Waals surface area contributed by atoms with Crippen molar-refractivity contribution >= 4 is 0 Å². The summed E-state index contributed by atoms with van der Waals surface area (Å²) in [5.74, 6) is 0.721. The lowest BCUT2D eigenvalue weighted by Gasteiger charge is -2.10. The molecular weight excluding hydrogens is 220 g/mol. The first kappa shape index (κ1) is 11.7. The maximum Gasteiger partial charge on any atom is 0.164 e. The Morgan fingerprint density at radius 3 is 3.06 bits per heavy atom. The first-order valence-corrected chi connectivity index (χ1v) is 5.45. The molecule has 2 N–H and O–H groups in total. The summed E-state index contributed by atoms with van der Waals surface area (Å²) in [6.45, 7) is 1.52. The Hall–Kier alpha value is -1.73. The van der Waals surface area contributed by atoms with Crippen LogP contribution in [0.15, 0.2) is 24.8 Å². The molecule has 2 rings (SSSR count). The van der Waals surface area contributed by atoms with Crippen LogP contribution in [0.5, 0.6) is 0 Å². The third-order valence-electron chi connectivity index (χ3n) is 2.27. The van der Waals surface area contributed by atoms with Gasteiger partial charge in [0, 0.05) is 26.0 Å². The van der Waals surface area contributed by atoms with E-state index in [1.165, 1.54) is 0 Å². The van der Waals surface area contributed by atoms with E-state index in [-0.39, 0.29) is 0 Å². The second-order valence-electron chi connectivity index (χ2n) is 3.85. The Bertz CT molecular complexity index is 437. The van der Waals surface area contributed by atoms with Crippen LogP contribution in [-0.4, -0.2) is 42.3 Å². The summed E-state index contributed by atoms with van der Waals surface area (Å²) >= 11 is 0. The van der Waals surface area contributed by atoms with Crippen LogP contribution in [0.25, 0.3) is 0 Å². The first-order chi connectivity index (χ1) is 8.24. The van der Waals surface area contributed by atoms with Crippen molar-refractivity contribution in [1.29, 1.82) is 0 Å². The van der Waals surface area contributed by atoms with E-state index in [9.17, 15) is 5.11 Å². The zero-order valence-electron chi connectivity index (χ0n) is 9.69. The molecule has 17 heavy (non-hydrogen) atoms. The number of nitrogens with zero attached hydrogens (tertiary/aromatic N) is 5. The molecule has 0 aliphatic heterocycles. The molecule has 0 aliphatic carbocycles. The maximum atomic E-state index is 9.73. The van der Waals surface area contributed by atoms with Gasteiger partial charge in [0.2, 0.25) is 0 Å². The normalized spacial score (nSPS) is 12.8. The predicted molar refractivity (Wildman–Crippen MR) is 60.9 cm³/mol. The molecule has 0 spiro atoms. The molecule has 7 nitrogen and oxygen atoms in total. The number of rotatable bonds is 6. The Balaban J connectivity index is 1.68. The number of aromatic nitrogens is 5. The van der Waals surface area contributed by atoms with Crippen LogP contribution < -0.4 is 5.32 Å². The minimum atomic E-state index is -0.474. The summed E-state index contributed by atoms with van der Waals surface area (Å²) in [4.78, 5) is 4.08. The van der Waals surface area contributed by atoms with Crippen molar-refractivity contribution in [2.24, 2.45) is 7.05 Å². The van der Waals surface area contributed by atoms with Crippen molar-refractivity contribution in [1.82, 2.24) is 29.9 Å². The van der Waals surface area contributed by atoms with E-state index in [0.29, 0.717) is 19.6 Å². The molecule has 92 valence electrons. The minimum absolute atomic E-state index is 0.474. The largest absolute Gasteiger partial charge is 0.390 e. The van der Waals surface area contributed by atoms with Gasteiger partial charge < -0.3 is 10.4 Å². The Labute approximate surface area is 99.1 Å². The third-order valence-corrected chi connectivity index (χ3v) is 2.27. The van der Waals surface area contributed by atoms with E-state index in [0.717, 1.165) is 5.82 Å². The van der Waals surface area contributed by atoms with Crippen LogP contribution in [0.1, 0.15) is 5.82 Å². The second kappa shape index (κ2) is 5.55. The van der Waals surface area contributed by atoms with E-state index >= 15 is 0 Å². The Morgan fingerprint density at radius 2 is 2.41 bits per heavy atom. The fourth-order valence-corrected chi connectivity index (χ4v) is 1.50. The topological polar surface area (TPSA) is 80.8 Å². The number of aliphatic hydroxyl groups excluding tert-OH is 1. The standard InChI is InChI=1S/C10H16N6O/c1-15-8-12-10(14-15)6-11-5-9(17)7-16-4-2-3-13-16/h2-4,8-9,11,17H,5-7H2,1H3. The highest BCUT2D eigenvalue weighted by Gasteiger charge is 2.05. The maximum absolute atomic E-state index is 9.73. The lowest BCUT2D eigenvalue weighted by atomic mass is 10.3. The van der Waals surface area contributed by atoms with Gasteiger partial charge in [-0.3, -0.25) is 9.36 Å². The number of nitrogens with one attached hydrogen (secondary N) is 1. The monoisotopic (exact) mass is 236 g/mol. The van der Waals surface area contributed by atoms with Gasteiger partial charge in [0.1, 0.15) is 6.33 Å². The molecule has 1 atom stereocenters. The molecular formula is C10H16N6O. The second-order valence-corrected chi connectivity index (χ2v) is 3.85. The lowest BCUT2D eigenvalue weighted by molar-refractivity contribution is 0.146. The summed E-state index contributed by atoms with van der Waals surface area (Å²) in [6, 6.07) is 1.83. The van der Waals surface area contributed by atoms with E-state index in [1.54, 1.807) is 21.9 Å². The Kier molecular flexibility index (Phi) is 3.84. The molecule has 0 aromatic carbocycles. The molecule has 2 aromatic rings.